The summed E-state index contributed by atoms with van der Waals surface area (Å²) in [6.07, 6.45) is 6.67. The fraction of sp³-hybridized carbons (Fsp3) is 0.500. The zero-order valence-corrected chi connectivity index (χ0v) is 18.3. The Morgan fingerprint density at radius 3 is 2.73 bits per heavy atom. The maximum absolute atomic E-state index is 12.6. The largest absolute Gasteiger partial charge is 0.481 e. The summed E-state index contributed by atoms with van der Waals surface area (Å²) in [5.74, 6) is 1.56. The summed E-state index contributed by atoms with van der Waals surface area (Å²) in [7, 11) is 0. The number of aryl methyl sites for hydroxylation is 1. The second kappa shape index (κ2) is 9.55. The Labute approximate surface area is 180 Å². The van der Waals surface area contributed by atoms with Gasteiger partial charge in [0.05, 0.1) is 0 Å². The Morgan fingerprint density at radius 2 is 1.93 bits per heavy atom. The van der Waals surface area contributed by atoms with E-state index in [-0.39, 0.29) is 5.91 Å². The van der Waals surface area contributed by atoms with E-state index in [2.05, 4.69) is 47.5 Å². The molecule has 0 saturated carbocycles. The summed E-state index contributed by atoms with van der Waals surface area (Å²) in [5, 5.41) is 3.03. The fourth-order valence-electron chi connectivity index (χ4n) is 4.68. The first-order chi connectivity index (χ1) is 14.6. The first-order valence-corrected chi connectivity index (χ1v) is 11.5. The van der Waals surface area contributed by atoms with Gasteiger partial charge in [-0.3, -0.25) is 4.79 Å². The van der Waals surface area contributed by atoms with Crippen LogP contribution in [0.4, 0.5) is 5.69 Å². The molecular weight excluding hydrogens is 372 g/mol. The zero-order valence-electron chi connectivity index (χ0n) is 18.3. The number of carbonyl (C=O) groups is 1. The minimum Gasteiger partial charge on any atom is -0.481 e. The molecule has 2 aromatic carbocycles. The summed E-state index contributed by atoms with van der Waals surface area (Å²) < 4.78 is 6.05. The molecule has 30 heavy (non-hydrogen) atoms. The third kappa shape index (κ3) is 4.97. The quantitative estimate of drug-likeness (QED) is 0.743. The van der Waals surface area contributed by atoms with Crippen LogP contribution >= 0.6 is 0 Å². The molecule has 1 aliphatic carbocycles. The van der Waals surface area contributed by atoms with Crippen LogP contribution in [0, 0.1) is 5.92 Å². The van der Waals surface area contributed by atoms with Crippen molar-refractivity contribution in [2.45, 2.75) is 65.0 Å². The van der Waals surface area contributed by atoms with Gasteiger partial charge < -0.3 is 15.0 Å². The van der Waals surface area contributed by atoms with Crippen LogP contribution in [-0.2, 0) is 24.2 Å². The van der Waals surface area contributed by atoms with Crippen LogP contribution in [0.2, 0.25) is 0 Å². The number of hydrogen-bond acceptors (Lipinski definition) is 3. The topological polar surface area (TPSA) is 41.6 Å². The highest BCUT2D eigenvalue weighted by Crippen LogP contribution is 2.30. The lowest BCUT2D eigenvalue weighted by atomic mass is 9.91. The van der Waals surface area contributed by atoms with Crippen LogP contribution in [-0.4, -0.2) is 25.1 Å². The Bertz CT molecular complexity index is 862. The van der Waals surface area contributed by atoms with Crippen LogP contribution in [0.25, 0.3) is 0 Å². The van der Waals surface area contributed by atoms with E-state index < -0.39 is 6.10 Å². The van der Waals surface area contributed by atoms with E-state index in [0.29, 0.717) is 6.54 Å². The van der Waals surface area contributed by atoms with Crippen LogP contribution in [0.1, 0.15) is 56.2 Å². The van der Waals surface area contributed by atoms with Crippen LogP contribution in [0.5, 0.6) is 5.75 Å². The normalized spacial score (nSPS) is 19.7. The molecule has 0 aromatic heterocycles. The predicted molar refractivity (Wildman–Crippen MR) is 122 cm³/mol. The van der Waals surface area contributed by atoms with Gasteiger partial charge in [0.25, 0.3) is 5.91 Å². The third-order valence-corrected chi connectivity index (χ3v) is 6.45. The van der Waals surface area contributed by atoms with Crippen LogP contribution < -0.4 is 15.0 Å². The smallest absolute Gasteiger partial charge is 0.261 e. The number of hydrogen-bond donors (Lipinski definition) is 1. The van der Waals surface area contributed by atoms with Gasteiger partial charge in [-0.2, -0.15) is 0 Å². The van der Waals surface area contributed by atoms with Gasteiger partial charge in [-0.05, 0) is 86.3 Å². The summed E-state index contributed by atoms with van der Waals surface area (Å²) in [5.41, 5.74) is 5.05. The molecule has 1 aliphatic heterocycles. The van der Waals surface area contributed by atoms with Gasteiger partial charge in [-0.1, -0.05) is 31.2 Å². The molecule has 0 bridgehead atoms. The second-order valence-corrected chi connectivity index (χ2v) is 8.94. The predicted octanol–water partition coefficient (Wildman–Crippen LogP) is 4.89. The summed E-state index contributed by atoms with van der Waals surface area (Å²) in [4.78, 5) is 15.1. The van der Waals surface area contributed by atoms with Gasteiger partial charge in [0, 0.05) is 25.3 Å². The molecule has 1 heterocycles. The van der Waals surface area contributed by atoms with Crippen molar-refractivity contribution in [3.05, 3.63) is 59.2 Å². The van der Waals surface area contributed by atoms with E-state index in [1.807, 2.05) is 19.1 Å². The van der Waals surface area contributed by atoms with E-state index in [1.165, 1.54) is 42.5 Å². The molecule has 0 spiro atoms. The lowest BCUT2D eigenvalue weighted by Gasteiger charge is -2.32. The average molecular weight is 407 g/mol. The number of nitrogens with one attached hydrogen (secondary N) is 1. The van der Waals surface area contributed by atoms with Gasteiger partial charge in [-0.15, -0.1) is 0 Å². The number of fused-ring (bicyclic) bond motifs is 1. The molecule has 160 valence electrons. The minimum absolute atomic E-state index is 0.0719. The molecule has 0 unspecified atom stereocenters. The second-order valence-electron chi connectivity index (χ2n) is 8.94. The molecule has 1 saturated heterocycles. The molecule has 1 N–H and O–H groups in total. The highest BCUT2D eigenvalue weighted by Gasteiger charge is 2.20. The van der Waals surface area contributed by atoms with E-state index >= 15 is 0 Å². The maximum atomic E-state index is 12.6. The highest BCUT2D eigenvalue weighted by atomic mass is 16.5. The molecule has 1 fully saturated rings. The number of anilines is 1. The molecule has 2 atom stereocenters. The van der Waals surface area contributed by atoms with Crippen molar-refractivity contribution in [1.82, 2.24) is 5.32 Å². The molecule has 4 rings (SSSR count). The van der Waals surface area contributed by atoms with Crippen LogP contribution in [0.3, 0.4) is 0 Å². The van der Waals surface area contributed by atoms with Crippen molar-refractivity contribution >= 4 is 11.6 Å². The summed E-state index contributed by atoms with van der Waals surface area (Å²) in [6, 6.07) is 14.8. The lowest BCUT2D eigenvalue weighted by Crippen LogP contribution is -2.36. The molecule has 2 aromatic rings. The van der Waals surface area contributed by atoms with Gasteiger partial charge in [0.2, 0.25) is 0 Å². The average Bonchev–Trinajstić information content (AvgIpc) is 2.78. The Hall–Kier alpha value is -2.49. The zero-order chi connectivity index (χ0) is 20.9. The molecule has 4 heteroatoms. The molecule has 1 amide bonds. The first kappa shape index (κ1) is 20.8. The van der Waals surface area contributed by atoms with Crippen molar-refractivity contribution in [1.29, 1.82) is 0 Å². The van der Waals surface area contributed by atoms with E-state index in [1.54, 1.807) is 0 Å². The van der Waals surface area contributed by atoms with Crippen molar-refractivity contribution in [3.63, 3.8) is 0 Å². The first-order valence-electron chi connectivity index (χ1n) is 11.5. The van der Waals surface area contributed by atoms with Crippen molar-refractivity contribution in [3.8, 4) is 5.75 Å². The number of piperidine rings is 1. The highest BCUT2D eigenvalue weighted by molar-refractivity contribution is 5.80. The third-order valence-electron chi connectivity index (χ3n) is 6.45. The summed E-state index contributed by atoms with van der Waals surface area (Å²) >= 11 is 0. The maximum Gasteiger partial charge on any atom is 0.261 e. The minimum atomic E-state index is -0.507. The molecule has 4 nitrogen and oxygen atoms in total. The molecular formula is C26H34N2O2. The number of nitrogens with zero attached hydrogens (tertiary/aromatic N) is 1. The van der Waals surface area contributed by atoms with E-state index in [4.69, 9.17) is 4.74 Å². The van der Waals surface area contributed by atoms with Crippen molar-refractivity contribution in [2.24, 2.45) is 5.92 Å². The lowest BCUT2D eigenvalue weighted by molar-refractivity contribution is -0.127. The Morgan fingerprint density at radius 1 is 1.13 bits per heavy atom. The van der Waals surface area contributed by atoms with Gasteiger partial charge in [0.15, 0.2) is 6.10 Å². The molecule has 2 aliphatic rings. The number of rotatable bonds is 6. The number of ether oxygens (including phenoxy) is 1. The van der Waals surface area contributed by atoms with E-state index in [0.717, 1.165) is 43.2 Å². The van der Waals surface area contributed by atoms with Gasteiger partial charge in [0.1, 0.15) is 5.75 Å². The molecule has 0 radical (unpaired) electrons. The van der Waals surface area contributed by atoms with Crippen LogP contribution in [0.15, 0.2) is 42.5 Å². The number of amides is 1. The summed E-state index contributed by atoms with van der Waals surface area (Å²) in [6.45, 7) is 6.95. The van der Waals surface area contributed by atoms with Crippen molar-refractivity contribution < 1.29 is 9.53 Å². The standard InChI is InChI=1S/C26H34N2O2/c1-19-7-6-16-28(18-19)23-14-12-21(13-15-23)17-27-26(29)20(2)30-25-11-5-9-22-8-3-4-10-24(22)25/h5,9,11-15,19-20H,3-4,6-8,10,16-18H2,1-2H3,(H,27,29)/t19-,20+/m1/s1. The van der Waals surface area contributed by atoms with Gasteiger partial charge in [-0.25, -0.2) is 0 Å². The SMILES string of the molecule is C[C@@H]1CCCN(c2ccc(CNC(=O)[C@H](C)Oc3cccc4c3CCCC4)cc2)C1. The number of carbonyl (C=O) groups excluding carboxylic acids is 1. The Kier molecular flexibility index (Phi) is 6.61. The van der Waals surface area contributed by atoms with E-state index in [9.17, 15) is 4.79 Å². The van der Waals surface area contributed by atoms with Gasteiger partial charge >= 0.3 is 0 Å². The van der Waals surface area contributed by atoms with Crippen molar-refractivity contribution in [2.75, 3.05) is 18.0 Å². The fourth-order valence-corrected chi connectivity index (χ4v) is 4.68. The Balaban J connectivity index is 1.30. The number of benzene rings is 2. The monoisotopic (exact) mass is 406 g/mol.